The number of pyridine rings is 1. The average molecular weight is 206 g/mol. The van der Waals surface area contributed by atoms with Crippen molar-refractivity contribution in [2.75, 3.05) is 11.9 Å². The van der Waals surface area contributed by atoms with Crippen molar-refractivity contribution in [1.29, 1.82) is 0 Å². The predicted octanol–water partition coefficient (Wildman–Crippen LogP) is 2.37. The van der Waals surface area contributed by atoms with Gasteiger partial charge in [-0.15, -0.1) is 0 Å². The summed E-state index contributed by atoms with van der Waals surface area (Å²) in [7, 11) is 0. The summed E-state index contributed by atoms with van der Waals surface area (Å²) in [6, 6.07) is 2.10. The minimum absolute atomic E-state index is 0.362. The lowest BCUT2D eigenvalue weighted by molar-refractivity contribution is 0.0637. The largest absolute Gasteiger partial charge is 0.381 e. The molecule has 0 radical (unpaired) electrons. The number of ether oxygens (including phenoxy) is 1. The molecule has 1 fully saturated rings. The molecule has 1 aliphatic heterocycles. The number of aryl methyl sites for hydroxylation is 1. The molecule has 1 aliphatic rings. The van der Waals surface area contributed by atoms with Gasteiger partial charge in [-0.3, -0.25) is 4.98 Å². The van der Waals surface area contributed by atoms with Crippen LogP contribution in [-0.2, 0) is 4.74 Å². The molecule has 0 aromatic carbocycles. The zero-order valence-electron chi connectivity index (χ0n) is 9.36. The highest BCUT2D eigenvalue weighted by molar-refractivity contribution is 5.42. The van der Waals surface area contributed by atoms with Crippen LogP contribution in [0.15, 0.2) is 18.5 Å². The summed E-state index contributed by atoms with van der Waals surface area (Å²) in [4.78, 5) is 4.14. The Balaban J connectivity index is 1.83. The molecule has 2 atom stereocenters. The van der Waals surface area contributed by atoms with Crippen LogP contribution < -0.4 is 5.32 Å². The summed E-state index contributed by atoms with van der Waals surface area (Å²) in [5.74, 6) is 0. The number of nitrogens with one attached hydrogen (secondary N) is 1. The third-order valence-electron chi connectivity index (χ3n) is 2.73. The number of aromatic nitrogens is 1. The first-order valence-corrected chi connectivity index (χ1v) is 5.55. The first-order chi connectivity index (χ1) is 7.24. The lowest BCUT2D eigenvalue weighted by atomic mass is 10.2. The fourth-order valence-corrected chi connectivity index (χ4v) is 1.92. The van der Waals surface area contributed by atoms with Crippen LogP contribution >= 0.6 is 0 Å². The van der Waals surface area contributed by atoms with Crippen molar-refractivity contribution in [3.05, 3.63) is 24.0 Å². The van der Waals surface area contributed by atoms with Crippen molar-refractivity contribution in [3.8, 4) is 0 Å². The van der Waals surface area contributed by atoms with Gasteiger partial charge in [-0.1, -0.05) is 0 Å². The second-order valence-corrected chi connectivity index (χ2v) is 4.28. The lowest BCUT2D eigenvalue weighted by Crippen LogP contribution is -2.19. The van der Waals surface area contributed by atoms with E-state index in [-0.39, 0.29) is 0 Å². The number of rotatable bonds is 3. The van der Waals surface area contributed by atoms with Gasteiger partial charge in [0.15, 0.2) is 0 Å². The summed E-state index contributed by atoms with van der Waals surface area (Å²) in [5.41, 5.74) is 2.26. The molecule has 2 heterocycles. The van der Waals surface area contributed by atoms with Gasteiger partial charge in [0, 0.05) is 18.9 Å². The molecule has 82 valence electrons. The van der Waals surface area contributed by atoms with E-state index in [9.17, 15) is 0 Å². The van der Waals surface area contributed by atoms with Crippen molar-refractivity contribution >= 4 is 5.69 Å². The quantitative estimate of drug-likeness (QED) is 0.824. The highest BCUT2D eigenvalue weighted by Gasteiger charge is 2.21. The molecule has 0 aliphatic carbocycles. The molecule has 1 aromatic heterocycles. The van der Waals surface area contributed by atoms with Crippen molar-refractivity contribution in [1.82, 2.24) is 4.98 Å². The van der Waals surface area contributed by atoms with E-state index in [0.717, 1.165) is 18.7 Å². The Morgan fingerprint density at radius 3 is 3.00 bits per heavy atom. The fourth-order valence-electron chi connectivity index (χ4n) is 1.92. The first kappa shape index (κ1) is 10.4. The van der Waals surface area contributed by atoms with Crippen LogP contribution in [0.2, 0.25) is 0 Å². The second kappa shape index (κ2) is 4.62. The van der Waals surface area contributed by atoms with Gasteiger partial charge in [-0.2, -0.15) is 0 Å². The maximum atomic E-state index is 5.73. The summed E-state index contributed by atoms with van der Waals surface area (Å²) in [6.45, 7) is 5.07. The topological polar surface area (TPSA) is 34.2 Å². The van der Waals surface area contributed by atoms with Gasteiger partial charge in [0.2, 0.25) is 0 Å². The zero-order chi connectivity index (χ0) is 10.7. The Hall–Kier alpha value is -1.09. The number of anilines is 1. The molecule has 0 saturated carbocycles. The molecule has 2 rings (SSSR count). The summed E-state index contributed by atoms with van der Waals surface area (Å²) >= 11 is 0. The average Bonchev–Trinajstić information content (AvgIpc) is 2.62. The molecule has 3 nitrogen and oxygen atoms in total. The summed E-state index contributed by atoms with van der Waals surface area (Å²) in [6.07, 6.45) is 6.84. The Morgan fingerprint density at radius 1 is 1.47 bits per heavy atom. The Bertz CT molecular complexity index is 327. The van der Waals surface area contributed by atoms with E-state index in [4.69, 9.17) is 4.74 Å². The molecule has 15 heavy (non-hydrogen) atoms. The minimum Gasteiger partial charge on any atom is -0.381 e. The predicted molar refractivity (Wildman–Crippen MR) is 61.0 cm³/mol. The molecular formula is C12H18N2O. The van der Waals surface area contributed by atoms with E-state index >= 15 is 0 Å². The van der Waals surface area contributed by atoms with E-state index in [1.165, 1.54) is 12.0 Å². The molecule has 1 saturated heterocycles. The van der Waals surface area contributed by atoms with Crippen LogP contribution in [0.25, 0.3) is 0 Å². The molecular weight excluding hydrogens is 188 g/mol. The van der Waals surface area contributed by atoms with Gasteiger partial charge in [0.1, 0.15) is 0 Å². The maximum Gasteiger partial charge on any atom is 0.0751 e. The highest BCUT2D eigenvalue weighted by Crippen LogP contribution is 2.19. The molecule has 0 amide bonds. The standard InChI is InChI=1S/C12H18N2O/c1-9-5-11(7-13-6-9)14-8-12-4-3-10(2)15-12/h5-7,10,12,14H,3-4,8H2,1-2H3. The van der Waals surface area contributed by atoms with Crippen LogP contribution in [0.5, 0.6) is 0 Å². The smallest absolute Gasteiger partial charge is 0.0751 e. The molecule has 0 spiro atoms. The minimum atomic E-state index is 0.362. The fraction of sp³-hybridized carbons (Fsp3) is 0.583. The lowest BCUT2D eigenvalue weighted by Gasteiger charge is -2.13. The molecule has 1 aromatic rings. The second-order valence-electron chi connectivity index (χ2n) is 4.28. The molecule has 2 unspecified atom stereocenters. The van der Waals surface area contributed by atoms with Gasteiger partial charge in [0.25, 0.3) is 0 Å². The van der Waals surface area contributed by atoms with E-state index in [0.29, 0.717) is 12.2 Å². The number of hydrogen-bond acceptors (Lipinski definition) is 3. The zero-order valence-corrected chi connectivity index (χ0v) is 9.36. The van der Waals surface area contributed by atoms with Gasteiger partial charge < -0.3 is 10.1 Å². The van der Waals surface area contributed by atoms with Crippen molar-refractivity contribution in [2.45, 2.75) is 38.9 Å². The van der Waals surface area contributed by atoms with Gasteiger partial charge >= 0.3 is 0 Å². The van der Waals surface area contributed by atoms with Crippen LogP contribution in [0, 0.1) is 6.92 Å². The molecule has 3 heteroatoms. The van der Waals surface area contributed by atoms with Gasteiger partial charge in [0.05, 0.1) is 17.9 Å². The third kappa shape index (κ3) is 2.93. The molecule has 1 N–H and O–H groups in total. The summed E-state index contributed by atoms with van der Waals surface area (Å²) in [5, 5.41) is 3.36. The third-order valence-corrected chi connectivity index (χ3v) is 2.73. The monoisotopic (exact) mass is 206 g/mol. The summed E-state index contributed by atoms with van der Waals surface area (Å²) < 4.78 is 5.73. The Kier molecular flexibility index (Phi) is 3.21. The van der Waals surface area contributed by atoms with Crippen LogP contribution in [0.4, 0.5) is 5.69 Å². The van der Waals surface area contributed by atoms with Crippen LogP contribution in [0.3, 0.4) is 0 Å². The number of hydrogen-bond donors (Lipinski definition) is 1. The van der Waals surface area contributed by atoms with Crippen LogP contribution in [-0.4, -0.2) is 23.7 Å². The SMILES string of the molecule is Cc1cncc(NCC2CCC(C)O2)c1. The van der Waals surface area contributed by atoms with Gasteiger partial charge in [-0.25, -0.2) is 0 Å². The number of nitrogens with zero attached hydrogens (tertiary/aromatic N) is 1. The van der Waals surface area contributed by atoms with E-state index < -0.39 is 0 Å². The van der Waals surface area contributed by atoms with Crippen molar-refractivity contribution in [2.24, 2.45) is 0 Å². The Labute approximate surface area is 90.9 Å². The van der Waals surface area contributed by atoms with Crippen molar-refractivity contribution in [3.63, 3.8) is 0 Å². The van der Waals surface area contributed by atoms with Crippen LogP contribution in [0.1, 0.15) is 25.3 Å². The van der Waals surface area contributed by atoms with E-state index in [1.807, 2.05) is 19.3 Å². The maximum absolute atomic E-state index is 5.73. The highest BCUT2D eigenvalue weighted by atomic mass is 16.5. The Morgan fingerprint density at radius 2 is 2.33 bits per heavy atom. The van der Waals surface area contributed by atoms with Gasteiger partial charge in [-0.05, 0) is 38.3 Å². The van der Waals surface area contributed by atoms with Crippen molar-refractivity contribution < 1.29 is 4.74 Å². The first-order valence-electron chi connectivity index (χ1n) is 5.55. The van der Waals surface area contributed by atoms with E-state index in [1.54, 1.807) is 0 Å². The molecule has 0 bridgehead atoms. The van der Waals surface area contributed by atoms with E-state index in [2.05, 4.69) is 23.3 Å². The normalized spacial score (nSPS) is 25.5.